The molecule has 0 aromatic heterocycles. The molecule has 0 amide bonds. The Balaban J connectivity index is 1.04. The Morgan fingerprint density at radius 1 is 0.729 bits per heavy atom. The van der Waals surface area contributed by atoms with Crippen molar-refractivity contribution in [1.29, 1.82) is 0 Å². The molecule has 48 heavy (non-hydrogen) atoms. The fourth-order valence-electron chi connectivity index (χ4n) is 6.41. The zero-order valence-corrected chi connectivity index (χ0v) is 28.8. The molecule has 4 aromatic carbocycles. The summed E-state index contributed by atoms with van der Waals surface area (Å²) in [6.45, 7) is 7.18. The molecule has 6 nitrogen and oxygen atoms in total. The molecule has 1 atom stereocenters. The van der Waals surface area contributed by atoms with Crippen LogP contribution in [0.25, 0.3) is 0 Å². The number of methoxy groups -OCH3 is 1. The molecule has 1 aliphatic rings. The number of hydrogen-bond acceptors (Lipinski definition) is 6. The highest BCUT2D eigenvalue weighted by molar-refractivity contribution is 5.48. The first-order valence-corrected chi connectivity index (χ1v) is 17.8. The molecular formula is C42H54N2O4. The summed E-state index contributed by atoms with van der Waals surface area (Å²) in [6.07, 6.45) is 7.43. The van der Waals surface area contributed by atoms with E-state index in [1.54, 1.807) is 7.11 Å². The molecule has 0 radical (unpaired) electrons. The monoisotopic (exact) mass is 650 g/mol. The summed E-state index contributed by atoms with van der Waals surface area (Å²) in [5.74, 6) is 0.786. The van der Waals surface area contributed by atoms with Gasteiger partial charge >= 0.3 is 0 Å². The van der Waals surface area contributed by atoms with Gasteiger partial charge in [-0.15, -0.1) is 0 Å². The van der Waals surface area contributed by atoms with Crippen LogP contribution in [0.5, 0.6) is 5.75 Å². The minimum Gasteiger partial charge on any atom is -0.489 e. The molecule has 1 unspecified atom stereocenters. The van der Waals surface area contributed by atoms with Gasteiger partial charge in [-0.25, -0.2) is 0 Å². The number of benzene rings is 4. The Kier molecular flexibility index (Phi) is 14.8. The van der Waals surface area contributed by atoms with E-state index in [9.17, 15) is 5.11 Å². The Labute approximate surface area is 288 Å². The zero-order chi connectivity index (χ0) is 33.2. The number of aliphatic hydroxyl groups excluding tert-OH is 1. The largest absolute Gasteiger partial charge is 0.489 e. The summed E-state index contributed by atoms with van der Waals surface area (Å²) in [6, 6.07) is 35.7. The second-order valence-electron chi connectivity index (χ2n) is 12.9. The molecule has 1 saturated heterocycles. The van der Waals surface area contributed by atoms with Crippen molar-refractivity contribution >= 4 is 5.69 Å². The third-order valence-electron chi connectivity index (χ3n) is 9.14. The average Bonchev–Trinajstić information content (AvgIpc) is 3.67. The van der Waals surface area contributed by atoms with Gasteiger partial charge in [0.25, 0.3) is 0 Å². The number of aliphatic hydroxyl groups is 1. The Morgan fingerprint density at radius 3 is 2.17 bits per heavy atom. The van der Waals surface area contributed by atoms with E-state index in [0.717, 1.165) is 80.8 Å². The first kappa shape index (κ1) is 35.6. The van der Waals surface area contributed by atoms with E-state index in [1.165, 1.54) is 42.7 Å². The summed E-state index contributed by atoms with van der Waals surface area (Å²) in [5, 5.41) is 11.4. The highest BCUT2D eigenvalue weighted by atomic mass is 16.5. The van der Waals surface area contributed by atoms with Crippen molar-refractivity contribution in [1.82, 2.24) is 4.90 Å². The SMILES string of the molecule is COCc1cc(C(O)CN(CCCCCCOCCc2ccc(N3CCCC3)cc2)Cc2ccccc2)ccc1OCc1ccccc1. The van der Waals surface area contributed by atoms with E-state index in [4.69, 9.17) is 14.2 Å². The average molecular weight is 651 g/mol. The van der Waals surface area contributed by atoms with E-state index >= 15 is 0 Å². The molecule has 1 N–H and O–H groups in total. The standard InChI is InChI=1S/C42H54N2O4/c1-46-34-39-30-38(20-23-42(39)48-33-37-16-8-5-9-17-37)41(45)32-43(31-36-14-6-4-7-15-36)25-10-2-3-13-28-47-29-24-35-18-21-40(22-19-35)44-26-11-12-27-44/h4-9,14-23,30,41,45H,2-3,10-13,24-29,31-34H2,1H3. The molecule has 5 rings (SSSR count). The summed E-state index contributed by atoms with van der Waals surface area (Å²) in [4.78, 5) is 4.85. The van der Waals surface area contributed by atoms with Crippen LogP contribution in [-0.2, 0) is 35.7 Å². The van der Waals surface area contributed by atoms with Crippen molar-refractivity contribution in [3.8, 4) is 5.75 Å². The summed E-state index contributed by atoms with van der Waals surface area (Å²) in [5.41, 5.74) is 6.89. The predicted molar refractivity (Wildman–Crippen MR) is 195 cm³/mol. The molecular weight excluding hydrogens is 596 g/mol. The van der Waals surface area contributed by atoms with Crippen LogP contribution in [0.15, 0.2) is 103 Å². The molecule has 0 spiro atoms. The van der Waals surface area contributed by atoms with Gasteiger partial charge in [0.05, 0.1) is 19.3 Å². The molecule has 4 aromatic rings. The maximum Gasteiger partial charge on any atom is 0.125 e. The third-order valence-corrected chi connectivity index (χ3v) is 9.14. The molecule has 0 saturated carbocycles. The molecule has 1 aliphatic heterocycles. The van der Waals surface area contributed by atoms with Crippen molar-refractivity contribution in [3.05, 3.63) is 131 Å². The van der Waals surface area contributed by atoms with E-state index in [0.29, 0.717) is 19.8 Å². The van der Waals surface area contributed by atoms with E-state index in [2.05, 4.69) is 76.5 Å². The number of unbranched alkanes of at least 4 members (excludes halogenated alkanes) is 3. The van der Waals surface area contributed by atoms with Crippen LogP contribution in [0.4, 0.5) is 5.69 Å². The Bertz CT molecular complexity index is 1440. The third kappa shape index (κ3) is 11.8. The van der Waals surface area contributed by atoms with E-state index in [1.807, 2.05) is 36.4 Å². The van der Waals surface area contributed by atoms with Crippen LogP contribution < -0.4 is 9.64 Å². The minimum absolute atomic E-state index is 0.425. The Hall–Kier alpha value is -3.68. The second-order valence-corrected chi connectivity index (χ2v) is 12.9. The van der Waals surface area contributed by atoms with Crippen LogP contribution in [0, 0.1) is 0 Å². The van der Waals surface area contributed by atoms with Gasteiger partial charge < -0.3 is 24.2 Å². The minimum atomic E-state index is -0.614. The van der Waals surface area contributed by atoms with E-state index < -0.39 is 6.10 Å². The van der Waals surface area contributed by atoms with Gasteiger partial charge in [0.15, 0.2) is 0 Å². The number of hydrogen-bond donors (Lipinski definition) is 1. The highest BCUT2D eigenvalue weighted by Crippen LogP contribution is 2.27. The van der Waals surface area contributed by atoms with Crippen molar-refractivity contribution in [2.24, 2.45) is 0 Å². The van der Waals surface area contributed by atoms with Crippen LogP contribution in [0.1, 0.15) is 72.4 Å². The van der Waals surface area contributed by atoms with Gasteiger partial charge in [-0.05, 0) is 85.2 Å². The molecule has 1 heterocycles. The molecule has 256 valence electrons. The molecule has 0 aliphatic carbocycles. The highest BCUT2D eigenvalue weighted by Gasteiger charge is 2.17. The van der Waals surface area contributed by atoms with Gasteiger partial charge in [0.2, 0.25) is 0 Å². The Morgan fingerprint density at radius 2 is 1.44 bits per heavy atom. The van der Waals surface area contributed by atoms with Crippen molar-refractivity contribution < 1.29 is 19.3 Å². The van der Waals surface area contributed by atoms with Crippen molar-refractivity contribution in [2.75, 3.05) is 51.4 Å². The first-order valence-electron chi connectivity index (χ1n) is 17.8. The van der Waals surface area contributed by atoms with Crippen molar-refractivity contribution in [3.63, 3.8) is 0 Å². The zero-order valence-electron chi connectivity index (χ0n) is 28.8. The lowest BCUT2D eigenvalue weighted by Gasteiger charge is -2.26. The lowest BCUT2D eigenvalue weighted by atomic mass is 10.0. The quantitative estimate of drug-likeness (QED) is 0.0915. The molecule has 6 heteroatoms. The summed E-state index contributed by atoms with van der Waals surface area (Å²) >= 11 is 0. The van der Waals surface area contributed by atoms with Crippen LogP contribution in [-0.4, -0.2) is 56.5 Å². The van der Waals surface area contributed by atoms with Crippen LogP contribution in [0.2, 0.25) is 0 Å². The normalized spacial score (nSPS) is 13.7. The van der Waals surface area contributed by atoms with Gasteiger partial charge in [-0.2, -0.15) is 0 Å². The first-order chi connectivity index (χ1) is 23.7. The maximum atomic E-state index is 11.4. The predicted octanol–water partition coefficient (Wildman–Crippen LogP) is 8.37. The molecule has 0 bridgehead atoms. The van der Waals surface area contributed by atoms with E-state index in [-0.39, 0.29) is 0 Å². The number of ether oxygens (including phenoxy) is 3. The fourth-order valence-corrected chi connectivity index (χ4v) is 6.41. The van der Waals surface area contributed by atoms with Gasteiger partial charge in [-0.1, -0.05) is 91.7 Å². The number of anilines is 1. The lowest BCUT2D eigenvalue weighted by Crippen LogP contribution is -2.29. The van der Waals surface area contributed by atoms with Gasteiger partial charge in [0.1, 0.15) is 12.4 Å². The summed E-state index contributed by atoms with van der Waals surface area (Å²) in [7, 11) is 1.69. The van der Waals surface area contributed by atoms with Crippen molar-refractivity contribution in [2.45, 2.75) is 70.8 Å². The topological polar surface area (TPSA) is 54.4 Å². The number of nitrogens with zero attached hydrogens (tertiary/aromatic N) is 2. The summed E-state index contributed by atoms with van der Waals surface area (Å²) < 4.78 is 17.6. The lowest BCUT2D eigenvalue weighted by molar-refractivity contribution is 0.106. The van der Waals surface area contributed by atoms with Gasteiger partial charge in [-0.3, -0.25) is 4.90 Å². The molecule has 1 fully saturated rings. The second kappa shape index (κ2) is 20.0. The van der Waals surface area contributed by atoms with Crippen LogP contribution in [0.3, 0.4) is 0 Å². The number of rotatable bonds is 21. The maximum absolute atomic E-state index is 11.4. The van der Waals surface area contributed by atoms with Gasteiger partial charge in [0, 0.05) is 51.1 Å². The van der Waals surface area contributed by atoms with Crippen LogP contribution >= 0.6 is 0 Å². The fraction of sp³-hybridized carbons (Fsp3) is 0.429. The smallest absolute Gasteiger partial charge is 0.125 e.